The third kappa shape index (κ3) is 3.09. The molecule has 20 heavy (non-hydrogen) atoms. The van der Waals surface area contributed by atoms with Crippen molar-refractivity contribution < 1.29 is 14.7 Å². The molecule has 1 aliphatic heterocycles. The van der Waals surface area contributed by atoms with Crippen LogP contribution in [0.15, 0.2) is 17.5 Å². The second kappa shape index (κ2) is 6.49. The summed E-state index contributed by atoms with van der Waals surface area (Å²) in [5.41, 5.74) is 0. The van der Waals surface area contributed by atoms with Crippen molar-refractivity contribution in [1.29, 1.82) is 0 Å². The molecule has 0 aromatic carbocycles. The second-order valence-corrected chi connectivity index (χ2v) is 6.84. The SMILES string of the molecule is CC(c1cccs1)N(C)C(=O)N1CCSCC1C(=O)O. The number of carboxylic acid groups (broad SMARTS) is 1. The summed E-state index contributed by atoms with van der Waals surface area (Å²) in [5.74, 6) is 0.321. The Labute approximate surface area is 126 Å². The number of hydrogen-bond donors (Lipinski definition) is 1. The van der Waals surface area contributed by atoms with E-state index in [0.29, 0.717) is 12.3 Å². The molecule has 7 heteroatoms. The molecule has 0 bridgehead atoms. The van der Waals surface area contributed by atoms with Gasteiger partial charge >= 0.3 is 12.0 Å². The summed E-state index contributed by atoms with van der Waals surface area (Å²) in [4.78, 5) is 28.0. The molecular weight excluding hydrogens is 296 g/mol. The summed E-state index contributed by atoms with van der Waals surface area (Å²) in [7, 11) is 1.73. The smallest absolute Gasteiger partial charge is 0.327 e. The number of carbonyl (C=O) groups is 2. The molecule has 2 heterocycles. The molecule has 5 nitrogen and oxygen atoms in total. The van der Waals surface area contributed by atoms with Gasteiger partial charge in [0.15, 0.2) is 0 Å². The van der Waals surface area contributed by atoms with Crippen LogP contribution in [0.5, 0.6) is 0 Å². The van der Waals surface area contributed by atoms with Crippen LogP contribution in [-0.4, -0.2) is 58.0 Å². The van der Waals surface area contributed by atoms with E-state index in [2.05, 4.69) is 0 Å². The van der Waals surface area contributed by atoms with Crippen LogP contribution >= 0.6 is 23.1 Å². The molecule has 1 fully saturated rings. The summed E-state index contributed by atoms with van der Waals surface area (Å²) >= 11 is 3.18. The lowest BCUT2D eigenvalue weighted by Crippen LogP contribution is -2.54. The molecule has 0 saturated carbocycles. The van der Waals surface area contributed by atoms with Crippen molar-refractivity contribution in [2.45, 2.75) is 19.0 Å². The van der Waals surface area contributed by atoms with E-state index in [1.165, 1.54) is 4.90 Å². The quantitative estimate of drug-likeness (QED) is 0.930. The minimum absolute atomic E-state index is 0.0495. The van der Waals surface area contributed by atoms with Gasteiger partial charge in [0.05, 0.1) is 6.04 Å². The van der Waals surface area contributed by atoms with Crippen LogP contribution in [0.3, 0.4) is 0 Å². The standard InChI is InChI=1S/C13H18N2O3S2/c1-9(11-4-3-6-20-11)14(2)13(18)15-5-7-19-8-10(15)12(16)17/h3-4,6,9-10H,5,7-8H2,1-2H3,(H,16,17). The highest BCUT2D eigenvalue weighted by molar-refractivity contribution is 7.99. The van der Waals surface area contributed by atoms with E-state index in [9.17, 15) is 14.7 Å². The number of urea groups is 1. The Morgan fingerprint density at radius 1 is 1.55 bits per heavy atom. The molecule has 1 aromatic rings. The molecule has 2 amide bonds. The van der Waals surface area contributed by atoms with Crippen molar-refractivity contribution in [1.82, 2.24) is 9.80 Å². The van der Waals surface area contributed by atoms with Crippen LogP contribution in [0.2, 0.25) is 0 Å². The molecule has 0 aliphatic carbocycles. The van der Waals surface area contributed by atoms with Gasteiger partial charge in [-0.1, -0.05) is 6.07 Å². The van der Waals surface area contributed by atoms with Gasteiger partial charge in [0.1, 0.15) is 6.04 Å². The largest absolute Gasteiger partial charge is 0.480 e. The van der Waals surface area contributed by atoms with Gasteiger partial charge in [0.25, 0.3) is 0 Å². The number of nitrogens with zero attached hydrogens (tertiary/aromatic N) is 2. The number of amides is 2. The van der Waals surface area contributed by atoms with Crippen molar-refractivity contribution in [3.63, 3.8) is 0 Å². The summed E-state index contributed by atoms with van der Waals surface area (Å²) < 4.78 is 0. The predicted molar refractivity (Wildman–Crippen MR) is 81.3 cm³/mol. The molecule has 2 atom stereocenters. The highest BCUT2D eigenvalue weighted by Crippen LogP contribution is 2.26. The van der Waals surface area contributed by atoms with Crippen LogP contribution < -0.4 is 0 Å². The zero-order chi connectivity index (χ0) is 14.7. The molecule has 1 aromatic heterocycles. The van der Waals surface area contributed by atoms with Crippen LogP contribution in [0, 0.1) is 0 Å². The fourth-order valence-corrected chi connectivity index (χ4v) is 3.99. The average molecular weight is 314 g/mol. The number of thiophene rings is 1. The van der Waals surface area contributed by atoms with E-state index in [0.717, 1.165) is 10.6 Å². The van der Waals surface area contributed by atoms with Crippen molar-refractivity contribution in [2.75, 3.05) is 25.1 Å². The first-order valence-electron chi connectivity index (χ1n) is 6.39. The summed E-state index contributed by atoms with van der Waals surface area (Å²) in [6.45, 7) is 2.44. The third-order valence-corrected chi connectivity index (χ3v) is 5.56. The van der Waals surface area contributed by atoms with Gasteiger partial charge in [-0.2, -0.15) is 11.8 Å². The summed E-state index contributed by atoms with van der Waals surface area (Å²) in [6, 6.07) is 2.95. The number of rotatable bonds is 3. The van der Waals surface area contributed by atoms with E-state index in [-0.39, 0.29) is 12.1 Å². The zero-order valence-corrected chi connectivity index (χ0v) is 13.1. The number of carbonyl (C=O) groups excluding carboxylic acids is 1. The van der Waals surface area contributed by atoms with Crippen molar-refractivity contribution in [3.8, 4) is 0 Å². The summed E-state index contributed by atoms with van der Waals surface area (Å²) in [6.07, 6.45) is 0. The highest BCUT2D eigenvalue weighted by Gasteiger charge is 2.35. The minimum Gasteiger partial charge on any atom is -0.480 e. The first-order valence-corrected chi connectivity index (χ1v) is 8.43. The van der Waals surface area contributed by atoms with Gasteiger partial charge in [-0.15, -0.1) is 11.3 Å². The Hall–Kier alpha value is -1.21. The Kier molecular flexibility index (Phi) is 4.93. The molecular formula is C13H18N2O3S2. The molecule has 2 unspecified atom stereocenters. The molecule has 2 rings (SSSR count). The monoisotopic (exact) mass is 314 g/mol. The fourth-order valence-electron chi connectivity index (χ4n) is 2.13. The second-order valence-electron chi connectivity index (χ2n) is 4.71. The van der Waals surface area contributed by atoms with Crippen LogP contribution in [0.25, 0.3) is 0 Å². The molecule has 0 radical (unpaired) electrons. The van der Waals surface area contributed by atoms with E-state index in [4.69, 9.17) is 0 Å². The van der Waals surface area contributed by atoms with Gasteiger partial charge in [-0.3, -0.25) is 0 Å². The van der Waals surface area contributed by atoms with Gasteiger partial charge in [0.2, 0.25) is 0 Å². The topological polar surface area (TPSA) is 60.9 Å². The Morgan fingerprint density at radius 3 is 2.90 bits per heavy atom. The average Bonchev–Trinajstić information content (AvgIpc) is 2.99. The number of carboxylic acids is 1. The third-order valence-electron chi connectivity index (χ3n) is 3.50. The fraction of sp³-hybridized carbons (Fsp3) is 0.538. The zero-order valence-electron chi connectivity index (χ0n) is 11.5. The van der Waals surface area contributed by atoms with Gasteiger partial charge in [-0.05, 0) is 18.4 Å². The molecule has 110 valence electrons. The number of thioether (sulfide) groups is 1. The van der Waals surface area contributed by atoms with Crippen LogP contribution in [-0.2, 0) is 4.79 Å². The van der Waals surface area contributed by atoms with E-state index in [1.54, 1.807) is 35.0 Å². The molecule has 1 N–H and O–H groups in total. The number of hydrogen-bond acceptors (Lipinski definition) is 4. The molecule has 1 aliphatic rings. The maximum Gasteiger partial charge on any atom is 0.327 e. The molecule has 1 saturated heterocycles. The summed E-state index contributed by atoms with van der Waals surface area (Å²) in [5, 5.41) is 11.2. The Morgan fingerprint density at radius 2 is 2.30 bits per heavy atom. The lowest BCUT2D eigenvalue weighted by molar-refractivity contribution is -0.141. The normalized spacial score (nSPS) is 20.5. The van der Waals surface area contributed by atoms with Crippen molar-refractivity contribution >= 4 is 35.1 Å². The van der Waals surface area contributed by atoms with Gasteiger partial charge in [0, 0.05) is 30.0 Å². The molecule has 0 spiro atoms. The Balaban J connectivity index is 2.10. The van der Waals surface area contributed by atoms with Gasteiger partial charge < -0.3 is 14.9 Å². The van der Waals surface area contributed by atoms with Crippen LogP contribution in [0.4, 0.5) is 4.79 Å². The van der Waals surface area contributed by atoms with E-state index < -0.39 is 12.0 Å². The van der Waals surface area contributed by atoms with Crippen molar-refractivity contribution in [3.05, 3.63) is 22.4 Å². The first kappa shape index (κ1) is 15.2. The Bertz CT molecular complexity index is 478. The first-order chi connectivity index (χ1) is 9.52. The lowest BCUT2D eigenvalue weighted by atomic mass is 10.2. The minimum atomic E-state index is -0.928. The van der Waals surface area contributed by atoms with Crippen LogP contribution in [0.1, 0.15) is 17.8 Å². The van der Waals surface area contributed by atoms with Gasteiger partial charge in [-0.25, -0.2) is 9.59 Å². The maximum atomic E-state index is 12.5. The highest BCUT2D eigenvalue weighted by atomic mass is 32.2. The van der Waals surface area contributed by atoms with Crippen molar-refractivity contribution in [2.24, 2.45) is 0 Å². The number of aliphatic carboxylic acids is 1. The lowest BCUT2D eigenvalue weighted by Gasteiger charge is -2.37. The maximum absolute atomic E-state index is 12.5. The predicted octanol–water partition coefficient (Wildman–Crippen LogP) is 2.36. The van der Waals surface area contributed by atoms with E-state index in [1.807, 2.05) is 24.4 Å². The van der Waals surface area contributed by atoms with E-state index >= 15 is 0 Å².